The lowest BCUT2D eigenvalue weighted by molar-refractivity contribution is -0.125. The molecule has 36 heavy (non-hydrogen) atoms. The lowest BCUT2D eigenvalue weighted by Gasteiger charge is -2.32. The molecule has 2 unspecified atom stereocenters. The Morgan fingerprint density at radius 3 is 2.81 bits per heavy atom. The second-order valence-corrected chi connectivity index (χ2v) is 9.41. The van der Waals surface area contributed by atoms with Gasteiger partial charge in [-0.2, -0.15) is 9.97 Å². The van der Waals surface area contributed by atoms with Gasteiger partial charge >= 0.3 is 0 Å². The van der Waals surface area contributed by atoms with Crippen molar-refractivity contribution in [3.05, 3.63) is 23.7 Å². The van der Waals surface area contributed by atoms with Crippen LogP contribution in [0.2, 0.25) is 0 Å². The van der Waals surface area contributed by atoms with Crippen LogP contribution in [0.15, 0.2) is 23.7 Å². The molecule has 0 bridgehead atoms. The average molecular weight is 534 g/mol. The number of fused-ring (bicyclic) bond motifs is 1. The molecule has 1 aromatic carbocycles. The topological polar surface area (TPSA) is 131 Å². The van der Waals surface area contributed by atoms with Gasteiger partial charge in [-0.25, -0.2) is 4.98 Å². The summed E-state index contributed by atoms with van der Waals surface area (Å²) in [6.45, 7) is 1.75. The molecule has 0 saturated carbocycles. The first-order chi connectivity index (χ1) is 17.0. The number of halogens is 1. The summed E-state index contributed by atoms with van der Waals surface area (Å²) in [6.07, 6.45) is 1.97. The first kappa shape index (κ1) is 25.7. The Balaban J connectivity index is 0.00000304. The maximum atomic E-state index is 12.9. The Morgan fingerprint density at radius 2 is 2.06 bits per heavy atom. The second-order valence-electron chi connectivity index (χ2n) is 8.57. The molecule has 0 radical (unpaired) electrons. The highest BCUT2D eigenvalue weighted by Gasteiger charge is 2.31. The number of hydrogen-bond acceptors (Lipinski definition) is 10. The number of nitrogens with zero attached hydrogens (tertiary/aromatic N) is 4. The fourth-order valence-corrected chi connectivity index (χ4v) is 5.08. The van der Waals surface area contributed by atoms with Crippen molar-refractivity contribution in [2.75, 3.05) is 44.1 Å². The number of amides is 2. The molecule has 13 heteroatoms. The van der Waals surface area contributed by atoms with E-state index >= 15 is 0 Å². The van der Waals surface area contributed by atoms with Gasteiger partial charge in [0.25, 0.3) is 0 Å². The largest absolute Gasteiger partial charge is 0.493 e. The maximum Gasteiger partial charge on any atom is 0.228 e. The highest BCUT2D eigenvalue weighted by Crippen LogP contribution is 2.33. The lowest BCUT2D eigenvalue weighted by Crippen LogP contribution is -2.47. The summed E-state index contributed by atoms with van der Waals surface area (Å²) in [5.41, 5.74) is 3.20. The van der Waals surface area contributed by atoms with E-state index in [0.29, 0.717) is 48.3 Å². The van der Waals surface area contributed by atoms with E-state index in [4.69, 9.17) is 19.4 Å². The molecule has 2 aliphatic heterocycles. The number of anilines is 3. The summed E-state index contributed by atoms with van der Waals surface area (Å²) in [5, 5.41) is 9.10. The first-order valence-electron chi connectivity index (χ1n) is 11.5. The van der Waals surface area contributed by atoms with Gasteiger partial charge in [0, 0.05) is 37.8 Å². The molecule has 2 fully saturated rings. The summed E-state index contributed by atoms with van der Waals surface area (Å²) < 4.78 is 10.7. The van der Waals surface area contributed by atoms with Crippen LogP contribution in [-0.4, -0.2) is 66.7 Å². The molecule has 11 nitrogen and oxygen atoms in total. The van der Waals surface area contributed by atoms with Gasteiger partial charge < -0.3 is 30.3 Å². The monoisotopic (exact) mass is 533 g/mol. The third-order valence-corrected chi connectivity index (χ3v) is 6.95. The third-order valence-electron chi connectivity index (χ3n) is 6.23. The highest BCUT2D eigenvalue weighted by atomic mass is 35.5. The van der Waals surface area contributed by atoms with Crippen LogP contribution < -0.4 is 30.3 Å². The summed E-state index contributed by atoms with van der Waals surface area (Å²) in [7, 11) is 3.18. The van der Waals surface area contributed by atoms with Crippen LogP contribution in [0, 0.1) is 5.92 Å². The normalized spacial score (nSPS) is 19.4. The van der Waals surface area contributed by atoms with Crippen molar-refractivity contribution in [2.24, 2.45) is 5.92 Å². The Morgan fingerprint density at radius 1 is 1.22 bits per heavy atom. The molecule has 2 saturated heterocycles. The Kier molecular flexibility index (Phi) is 7.94. The van der Waals surface area contributed by atoms with E-state index in [9.17, 15) is 9.59 Å². The van der Waals surface area contributed by atoms with Gasteiger partial charge in [-0.3, -0.25) is 9.59 Å². The van der Waals surface area contributed by atoms with Crippen LogP contribution in [0.1, 0.15) is 19.3 Å². The van der Waals surface area contributed by atoms with Crippen molar-refractivity contribution in [3.8, 4) is 11.5 Å². The molecule has 4 heterocycles. The van der Waals surface area contributed by atoms with Gasteiger partial charge in [-0.1, -0.05) is 0 Å². The average Bonchev–Trinajstić information content (AvgIpc) is 3.52. The first-order valence-corrected chi connectivity index (χ1v) is 12.3. The number of rotatable bonds is 7. The fourth-order valence-electron chi connectivity index (χ4n) is 4.43. The Hall–Kier alpha value is -3.38. The highest BCUT2D eigenvalue weighted by molar-refractivity contribution is 7.16. The summed E-state index contributed by atoms with van der Waals surface area (Å²) in [5.74, 6) is 2.13. The van der Waals surface area contributed by atoms with Crippen molar-refractivity contribution in [1.29, 1.82) is 0 Å². The molecule has 2 aliphatic rings. The van der Waals surface area contributed by atoms with E-state index in [0.717, 1.165) is 29.9 Å². The number of thiazole rings is 1. The number of carbonyl (C=O) groups is 2. The summed E-state index contributed by atoms with van der Waals surface area (Å²) in [4.78, 5) is 41.1. The molecule has 2 amide bonds. The molecule has 0 spiro atoms. The summed E-state index contributed by atoms with van der Waals surface area (Å²) >= 11 is 1.44. The zero-order valence-corrected chi connectivity index (χ0v) is 21.6. The Labute approximate surface area is 218 Å². The standard InChI is InChI=1S/C23H27N7O4S.ClH/c1-33-16-6-5-14(8-17(16)34-2)26-20-19-22(35-12-25-19)29-23(28-20)30-7-3-4-13(11-30)21(32)27-15-9-18(31)24-10-15;/h5-6,8,12-13,15H,3-4,7,9-11H2,1-2H3,(H,24,31)(H,27,32)(H,26,28,29);1H. The van der Waals surface area contributed by atoms with Crippen molar-refractivity contribution < 1.29 is 19.1 Å². The minimum absolute atomic E-state index is 0. The van der Waals surface area contributed by atoms with Gasteiger partial charge in [-0.05, 0) is 25.0 Å². The minimum Gasteiger partial charge on any atom is -0.493 e. The van der Waals surface area contributed by atoms with Crippen molar-refractivity contribution >= 4 is 63.4 Å². The SMILES string of the molecule is COc1ccc(Nc2nc(N3CCCC(C(=O)NC4CNC(=O)C4)C3)nc3scnc23)cc1OC.Cl. The van der Waals surface area contributed by atoms with E-state index in [1.165, 1.54) is 11.3 Å². The lowest BCUT2D eigenvalue weighted by atomic mass is 9.97. The Bertz CT molecular complexity index is 1260. The van der Waals surface area contributed by atoms with E-state index in [2.05, 4.69) is 20.9 Å². The molecular weight excluding hydrogens is 506 g/mol. The van der Waals surface area contributed by atoms with Crippen LogP contribution in [0.4, 0.5) is 17.5 Å². The quantitative estimate of drug-likeness (QED) is 0.419. The number of carbonyl (C=O) groups excluding carboxylic acids is 2. The van der Waals surface area contributed by atoms with Crippen LogP contribution in [0.25, 0.3) is 10.3 Å². The molecule has 0 aliphatic carbocycles. The minimum atomic E-state index is -0.192. The summed E-state index contributed by atoms with van der Waals surface area (Å²) in [6, 6.07) is 5.39. The van der Waals surface area contributed by atoms with Crippen LogP contribution in [0.5, 0.6) is 11.5 Å². The fraction of sp³-hybridized carbons (Fsp3) is 0.435. The predicted molar refractivity (Wildman–Crippen MR) is 140 cm³/mol. The number of benzene rings is 1. The van der Waals surface area contributed by atoms with Gasteiger partial charge in [0.1, 0.15) is 5.52 Å². The van der Waals surface area contributed by atoms with E-state index < -0.39 is 0 Å². The van der Waals surface area contributed by atoms with Crippen LogP contribution in [0.3, 0.4) is 0 Å². The van der Waals surface area contributed by atoms with E-state index in [-0.39, 0.29) is 36.2 Å². The molecule has 3 aromatic rings. The van der Waals surface area contributed by atoms with E-state index in [1.54, 1.807) is 19.7 Å². The number of aromatic nitrogens is 3. The predicted octanol–water partition coefficient (Wildman–Crippen LogP) is 2.49. The van der Waals surface area contributed by atoms with E-state index in [1.807, 2.05) is 23.1 Å². The van der Waals surface area contributed by atoms with Crippen LogP contribution >= 0.6 is 23.7 Å². The maximum absolute atomic E-state index is 12.9. The molecule has 5 rings (SSSR count). The van der Waals surface area contributed by atoms with Gasteiger partial charge in [0.15, 0.2) is 22.1 Å². The zero-order chi connectivity index (χ0) is 24.4. The number of nitrogens with one attached hydrogen (secondary N) is 3. The molecule has 192 valence electrons. The number of piperidine rings is 1. The zero-order valence-electron chi connectivity index (χ0n) is 19.9. The smallest absolute Gasteiger partial charge is 0.228 e. The van der Waals surface area contributed by atoms with Gasteiger partial charge in [0.05, 0.1) is 31.7 Å². The number of methoxy groups -OCH3 is 2. The van der Waals surface area contributed by atoms with Crippen LogP contribution in [-0.2, 0) is 9.59 Å². The van der Waals surface area contributed by atoms with Gasteiger partial charge in [0.2, 0.25) is 17.8 Å². The number of ether oxygens (including phenoxy) is 2. The van der Waals surface area contributed by atoms with Crippen molar-refractivity contribution in [1.82, 2.24) is 25.6 Å². The third kappa shape index (κ3) is 5.39. The van der Waals surface area contributed by atoms with Gasteiger partial charge in [-0.15, -0.1) is 23.7 Å². The number of hydrogen-bond donors (Lipinski definition) is 3. The molecule has 3 N–H and O–H groups in total. The molecular formula is C23H28ClN7O4S. The molecule has 2 aromatic heterocycles. The van der Waals surface area contributed by atoms with Crippen molar-refractivity contribution in [2.45, 2.75) is 25.3 Å². The second kappa shape index (κ2) is 11.1. The van der Waals surface area contributed by atoms with Crippen molar-refractivity contribution in [3.63, 3.8) is 0 Å². The molecule has 2 atom stereocenters.